The van der Waals surface area contributed by atoms with Crippen LogP contribution in [0.3, 0.4) is 0 Å². The molecule has 0 fully saturated rings. The Kier molecular flexibility index (Phi) is 4.01. The van der Waals surface area contributed by atoms with Crippen LogP contribution >= 0.6 is 12.2 Å². The molecule has 2 heterocycles. The molecule has 0 atom stereocenters. The third-order valence-corrected chi connectivity index (χ3v) is 2.88. The number of anilines is 1. The van der Waals surface area contributed by atoms with Gasteiger partial charge in [0.2, 0.25) is 0 Å². The van der Waals surface area contributed by atoms with Crippen molar-refractivity contribution in [3.63, 3.8) is 0 Å². The highest BCUT2D eigenvalue weighted by atomic mass is 32.1. The van der Waals surface area contributed by atoms with Crippen LogP contribution in [0.15, 0.2) is 24.7 Å². The van der Waals surface area contributed by atoms with E-state index in [2.05, 4.69) is 20.3 Å². The van der Waals surface area contributed by atoms with Gasteiger partial charge in [-0.25, -0.2) is 9.97 Å². The first-order chi connectivity index (χ1) is 9.08. The highest BCUT2D eigenvalue weighted by molar-refractivity contribution is 7.80. The van der Waals surface area contributed by atoms with Gasteiger partial charge in [-0.05, 0) is 26.0 Å². The van der Waals surface area contributed by atoms with Crippen molar-refractivity contribution in [2.45, 2.75) is 20.4 Å². The fourth-order valence-electron chi connectivity index (χ4n) is 1.89. The van der Waals surface area contributed by atoms with Crippen LogP contribution in [0.1, 0.15) is 22.6 Å². The van der Waals surface area contributed by atoms with Crippen LogP contribution in [-0.2, 0) is 6.54 Å². The van der Waals surface area contributed by atoms with Gasteiger partial charge in [-0.1, -0.05) is 12.2 Å². The average Bonchev–Trinajstić information content (AvgIpc) is 2.36. The number of nitrogens with zero attached hydrogens (tertiary/aromatic N) is 3. The summed E-state index contributed by atoms with van der Waals surface area (Å²) in [4.78, 5) is 12.8. The van der Waals surface area contributed by atoms with Gasteiger partial charge in [0.1, 0.15) is 11.3 Å². The Morgan fingerprint density at radius 3 is 2.84 bits per heavy atom. The minimum absolute atomic E-state index is 0.343. The lowest BCUT2D eigenvalue weighted by Gasteiger charge is -2.13. The molecule has 5 nitrogen and oxygen atoms in total. The van der Waals surface area contributed by atoms with E-state index >= 15 is 0 Å². The first kappa shape index (κ1) is 13.4. The second-order valence-corrected chi connectivity index (χ2v) is 4.63. The lowest BCUT2D eigenvalue weighted by Crippen LogP contribution is -2.16. The summed E-state index contributed by atoms with van der Waals surface area (Å²) < 4.78 is 0. The van der Waals surface area contributed by atoms with E-state index in [9.17, 15) is 0 Å². The molecule has 2 aromatic rings. The molecule has 19 heavy (non-hydrogen) atoms. The molecule has 98 valence electrons. The largest absolute Gasteiger partial charge is 0.389 e. The number of nitrogens with one attached hydrogen (secondary N) is 1. The van der Waals surface area contributed by atoms with Crippen molar-refractivity contribution in [1.29, 1.82) is 0 Å². The molecule has 0 spiro atoms. The highest BCUT2D eigenvalue weighted by Crippen LogP contribution is 2.20. The maximum atomic E-state index is 5.76. The number of pyridine rings is 1. The Balaban J connectivity index is 2.27. The molecular weight excluding hydrogens is 258 g/mol. The lowest BCUT2D eigenvalue weighted by molar-refractivity contribution is 1.000. The number of aryl methyl sites for hydroxylation is 2. The van der Waals surface area contributed by atoms with E-state index in [1.807, 2.05) is 26.0 Å². The van der Waals surface area contributed by atoms with Crippen LogP contribution in [0.25, 0.3) is 0 Å². The Bertz CT molecular complexity index is 597. The Morgan fingerprint density at radius 1 is 1.42 bits per heavy atom. The van der Waals surface area contributed by atoms with Gasteiger partial charge in [0.05, 0.1) is 17.8 Å². The first-order valence-corrected chi connectivity index (χ1v) is 6.25. The van der Waals surface area contributed by atoms with Crippen molar-refractivity contribution in [3.05, 3.63) is 47.3 Å². The van der Waals surface area contributed by atoms with Crippen molar-refractivity contribution in [1.82, 2.24) is 15.0 Å². The third kappa shape index (κ3) is 3.23. The number of hydrogen-bond acceptors (Lipinski definition) is 5. The molecule has 0 aliphatic carbocycles. The number of aromatic nitrogens is 3. The van der Waals surface area contributed by atoms with Crippen molar-refractivity contribution >= 4 is 22.9 Å². The summed E-state index contributed by atoms with van der Waals surface area (Å²) in [6.07, 6.45) is 3.23. The van der Waals surface area contributed by atoms with E-state index in [0.717, 1.165) is 28.3 Å². The van der Waals surface area contributed by atoms with Gasteiger partial charge in [-0.2, -0.15) is 0 Å². The van der Waals surface area contributed by atoms with Crippen LogP contribution in [0.4, 0.5) is 5.69 Å². The van der Waals surface area contributed by atoms with Crippen LogP contribution in [-0.4, -0.2) is 19.9 Å². The van der Waals surface area contributed by atoms with Gasteiger partial charge in [0.25, 0.3) is 0 Å². The third-order valence-electron chi connectivity index (χ3n) is 2.68. The summed E-state index contributed by atoms with van der Waals surface area (Å²) in [5, 5.41) is 3.29. The average molecular weight is 273 g/mol. The molecule has 0 saturated carbocycles. The number of thiocarbonyl (C=S) groups is 1. The fraction of sp³-hybridized carbons (Fsp3) is 0.231. The van der Waals surface area contributed by atoms with Gasteiger partial charge in [0.15, 0.2) is 0 Å². The minimum Gasteiger partial charge on any atom is -0.389 e. The molecule has 0 aromatic carbocycles. The maximum absolute atomic E-state index is 5.76. The summed E-state index contributed by atoms with van der Waals surface area (Å²) in [5.41, 5.74) is 10.1. The van der Waals surface area contributed by atoms with Crippen molar-refractivity contribution in [2.75, 3.05) is 5.32 Å². The minimum atomic E-state index is 0.343. The second kappa shape index (κ2) is 5.71. The van der Waals surface area contributed by atoms with E-state index in [1.165, 1.54) is 6.33 Å². The molecule has 6 heteroatoms. The molecule has 0 bridgehead atoms. The molecular formula is C13H15N5S. The van der Waals surface area contributed by atoms with Crippen LogP contribution in [0.5, 0.6) is 0 Å². The van der Waals surface area contributed by atoms with Crippen LogP contribution in [0, 0.1) is 13.8 Å². The molecule has 0 aliphatic heterocycles. The summed E-state index contributed by atoms with van der Waals surface area (Å²) in [6.45, 7) is 4.42. The zero-order valence-corrected chi connectivity index (χ0v) is 11.7. The SMILES string of the molecule is Cc1cc(NCc2ccncn2)c(C(N)=S)c(C)n1. The molecule has 2 rings (SSSR count). The summed E-state index contributed by atoms with van der Waals surface area (Å²) in [5.74, 6) is 0. The van der Waals surface area contributed by atoms with E-state index in [4.69, 9.17) is 18.0 Å². The molecule has 0 amide bonds. The molecule has 3 N–H and O–H groups in total. The van der Waals surface area contributed by atoms with Crippen molar-refractivity contribution in [3.8, 4) is 0 Å². The highest BCUT2D eigenvalue weighted by Gasteiger charge is 2.11. The Hall–Kier alpha value is -2.08. The predicted octanol–water partition coefficient (Wildman–Crippen LogP) is 1.73. The number of hydrogen-bond donors (Lipinski definition) is 2. The molecule has 0 aliphatic rings. The fourth-order valence-corrected chi connectivity index (χ4v) is 2.15. The lowest BCUT2D eigenvalue weighted by atomic mass is 10.1. The zero-order chi connectivity index (χ0) is 13.8. The normalized spacial score (nSPS) is 10.2. The Labute approximate surface area is 117 Å². The van der Waals surface area contributed by atoms with Crippen molar-refractivity contribution < 1.29 is 0 Å². The van der Waals surface area contributed by atoms with Crippen LogP contribution in [0.2, 0.25) is 0 Å². The van der Waals surface area contributed by atoms with Crippen LogP contribution < -0.4 is 11.1 Å². The van der Waals surface area contributed by atoms with E-state index in [0.29, 0.717) is 11.5 Å². The standard InChI is InChI=1S/C13H15N5S/c1-8-5-11(12(13(14)19)9(2)18-8)16-6-10-3-4-15-7-17-10/h3-5,7H,6H2,1-2H3,(H2,14,19)(H,16,18). The monoisotopic (exact) mass is 273 g/mol. The van der Waals surface area contributed by atoms with E-state index in [-0.39, 0.29) is 0 Å². The molecule has 0 saturated heterocycles. The molecule has 0 radical (unpaired) electrons. The summed E-state index contributed by atoms with van der Waals surface area (Å²) >= 11 is 5.08. The predicted molar refractivity (Wildman–Crippen MR) is 79.0 cm³/mol. The van der Waals surface area contributed by atoms with E-state index < -0.39 is 0 Å². The van der Waals surface area contributed by atoms with Gasteiger partial charge in [-0.15, -0.1) is 0 Å². The van der Waals surface area contributed by atoms with Crippen molar-refractivity contribution in [2.24, 2.45) is 5.73 Å². The zero-order valence-electron chi connectivity index (χ0n) is 10.8. The smallest absolute Gasteiger partial charge is 0.115 e. The second-order valence-electron chi connectivity index (χ2n) is 4.19. The molecule has 0 unspecified atom stereocenters. The topological polar surface area (TPSA) is 76.7 Å². The first-order valence-electron chi connectivity index (χ1n) is 5.84. The Morgan fingerprint density at radius 2 is 2.21 bits per heavy atom. The summed E-state index contributed by atoms with van der Waals surface area (Å²) in [6, 6.07) is 3.79. The quantitative estimate of drug-likeness (QED) is 0.826. The van der Waals surface area contributed by atoms with Gasteiger partial charge in [0, 0.05) is 23.3 Å². The number of rotatable bonds is 4. The molecule has 2 aromatic heterocycles. The van der Waals surface area contributed by atoms with Gasteiger partial charge in [-0.3, -0.25) is 4.98 Å². The van der Waals surface area contributed by atoms with Gasteiger partial charge >= 0.3 is 0 Å². The number of nitrogens with two attached hydrogens (primary N) is 1. The van der Waals surface area contributed by atoms with Gasteiger partial charge < -0.3 is 11.1 Å². The van der Waals surface area contributed by atoms with E-state index in [1.54, 1.807) is 6.20 Å². The summed E-state index contributed by atoms with van der Waals surface area (Å²) in [7, 11) is 0. The maximum Gasteiger partial charge on any atom is 0.115 e.